The molecule has 1 aromatic rings. The first kappa shape index (κ1) is 12.0. The molecule has 1 aliphatic rings. The van der Waals surface area contributed by atoms with Crippen LogP contribution in [0.4, 0.5) is 5.69 Å². The zero-order valence-electron chi connectivity index (χ0n) is 10.8. The molecule has 0 bridgehead atoms. The maximum atomic E-state index is 12.2. The quantitative estimate of drug-likeness (QED) is 0.759. The molecule has 0 aromatic heterocycles. The lowest BCUT2D eigenvalue weighted by Gasteiger charge is -2.38. The summed E-state index contributed by atoms with van der Waals surface area (Å²) < 4.78 is 5.99. The van der Waals surface area contributed by atoms with Gasteiger partial charge < -0.3 is 10.5 Å². The third-order valence-corrected chi connectivity index (χ3v) is 3.63. The number of ether oxygens (including phenoxy) is 1. The second-order valence-electron chi connectivity index (χ2n) is 5.40. The zero-order valence-corrected chi connectivity index (χ0v) is 10.8. The van der Waals surface area contributed by atoms with E-state index >= 15 is 0 Å². The van der Waals surface area contributed by atoms with Gasteiger partial charge in [0.05, 0.1) is 17.7 Å². The van der Waals surface area contributed by atoms with Crippen LogP contribution in [-0.2, 0) is 0 Å². The topological polar surface area (TPSA) is 52.3 Å². The van der Waals surface area contributed by atoms with Crippen LogP contribution in [0, 0.1) is 12.8 Å². The van der Waals surface area contributed by atoms with Crippen molar-refractivity contribution in [3.05, 3.63) is 23.3 Å². The molecule has 0 spiro atoms. The first-order valence-corrected chi connectivity index (χ1v) is 5.96. The summed E-state index contributed by atoms with van der Waals surface area (Å²) in [4.78, 5) is 12.2. The highest BCUT2D eigenvalue weighted by molar-refractivity contribution is 6.02. The zero-order chi connectivity index (χ0) is 12.8. The molecule has 2 rings (SSSR count). The van der Waals surface area contributed by atoms with Crippen molar-refractivity contribution in [2.75, 3.05) is 5.73 Å². The van der Waals surface area contributed by atoms with E-state index in [-0.39, 0.29) is 11.7 Å². The molecule has 0 saturated carbocycles. The molecule has 1 aliphatic heterocycles. The normalized spacial score (nSPS) is 23.5. The number of benzene rings is 1. The van der Waals surface area contributed by atoms with Crippen LogP contribution in [0.1, 0.15) is 43.1 Å². The monoisotopic (exact) mass is 233 g/mol. The fourth-order valence-corrected chi connectivity index (χ4v) is 2.13. The Bertz CT molecular complexity index is 479. The summed E-state index contributed by atoms with van der Waals surface area (Å²) in [6.45, 7) is 8.02. The van der Waals surface area contributed by atoms with Gasteiger partial charge >= 0.3 is 0 Å². The smallest absolute Gasteiger partial charge is 0.170 e. The minimum atomic E-state index is -0.451. The second-order valence-corrected chi connectivity index (χ2v) is 5.40. The number of Topliss-reactive ketones (excluding diaryl/α,β-unsaturated/α-hetero) is 1. The van der Waals surface area contributed by atoms with Gasteiger partial charge in [-0.25, -0.2) is 0 Å². The lowest BCUT2D eigenvalue weighted by atomic mass is 9.82. The van der Waals surface area contributed by atoms with Crippen molar-refractivity contribution in [2.24, 2.45) is 5.92 Å². The van der Waals surface area contributed by atoms with E-state index in [0.717, 1.165) is 5.56 Å². The molecule has 92 valence electrons. The summed E-state index contributed by atoms with van der Waals surface area (Å²) in [5.74, 6) is 0.946. The van der Waals surface area contributed by atoms with Crippen molar-refractivity contribution in [3.8, 4) is 5.75 Å². The average Bonchev–Trinajstić information content (AvgIpc) is 2.20. The van der Waals surface area contributed by atoms with Crippen LogP contribution in [0.2, 0.25) is 0 Å². The lowest BCUT2D eigenvalue weighted by Crippen LogP contribution is -2.43. The minimum Gasteiger partial charge on any atom is -0.484 e. The van der Waals surface area contributed by atoms with E-state index in [9.17, 15) is 4.79 Å². The molecule has 0 fully saturated rings. The number of aryl methyl sites for hydroxylation is 1. The van der Waals surface area contributed by atoms with E-state index in [0.29, 0.717) is 23.4 Å². The highest BCUT2D eigenvalue weighted by atomic mass is 16.5. The number of anilines is 1. The molecule has 0 amide bonds. The van der Waals surface area contributed by atoms with Crippen molar-refractivity contribution in [3.63, 3.8) is 0 Å². The molecule has 1 heterocycles. The Hall–Kier alpha value is -1.51. The number of nitrogens with two attached hydrogens (primary N) is 1. The van der Waals surface area contributed by atoms with Crippen LogP contribution in [0.5, 0.6) is 5.75 Å². The predicted molar refractivity (Wildman–Crippen MR) is 68.4 cm³/mol. The minimum absolute atomic E-state index is 0.123. The van der Waals surface area contributed by atoms with Crippen molar-refractivity contribution in [1.82, 2.24) is 0 Å². The van der Waals surface area contributed by atoms with Crippen molar-refractivity contribution < 1.29 is 9.53 Å². The number of ketones is 1. The van der Waals surface area contributed by atoms with E-state index in [2.05, 4.69) is 13.8 Å². The van der Waals surface area contributed by atoms with Crippen LogP contribution in [0.15, 0.2) is 12.1 Å². The molecule has 3 nitrogen and oxygen atoms in total. The Kier molecular flexibility index (Phi) is 2.64. The van der Waals surface area contributed by atoms with Gasteiger partial charge in [-0.2, -0.15) is 0 Å². The molecule has 17 heavy (non-hydrogen) atoms. The van der Waals surface area contributed by atoms with E-state index in [4.69, 9.17) is 10.5 Å². The molecule has 0 saturated heterocycles. The third kappa shape index (κ3) is 1.90. The highest BCUT2D eigenvalue weighted by Gasteiger charge is 2.39. The summed E-state index contributed by atoms with van der Waals surface area (Å²) in [5, 5.41) is 0. The van der Waals surface area contributed by atoms with Crippen LogP contribution in [0.25, 0.3) is 0 Å². The van der Waals surface area contributed by atoms with Crippen LogP contribution < -0.4 is 10.5 Å². The fraction of sp³-hybridized carbons (Fsp3) is 0.500. The number of carbonyl (C=O) groups is 1. The Morgan fingerprint density at radius 2 is 2.06 bits per heavy atom. The van der Waals surface area contributed by atoms with Crippen LogP contribution >= 0.6 is 0 Å². The second kappa shape index (κ2) is 3.76. The molecule has 2 N–H and O–H groups in total. The summed E-state index contributed by atoms with van der Waals surface area (Å²) in [6, 6.07) is 3.70. The number of nitrogen functional groups attached to an aromatic ring is 1. The number of hydrogen-bond donors (Lipinski definition) is 1. The molecule has 1 unspecified atom stereocenters. The van der Waals surface area contributed by atoms with Gasteiger partial charge in [-0.05, 0) is 37.5 Å². The molecule has 0 aliphatic carbocycles. The van der Waals surface area contributed by atoms with E-state index in [1.54, 1.807) is 0 Å². The van der Waals surface area contributed by atoms with E-state index in [1.807, 2.05) is 26.0 Å². The third-order valence-electron chi connectivity index (χ3n) is 3.63. The molecular weight excluding hydrogens is 214 g/mol. The standard InChI is InChI=1S/C14H19NO2/c1-8(2)14(4)7-12(16)10-5-9(3)6-11(15)13(10)17-14/h5-6,8H,7,15H2,1-4H3. The van der Waals surface area contributed by atoms with Gasteiger partial charge in [-0.15, -0.1) is 0 Å². The number of carbonyl (C=O) groups excluding carboxylic acids is 1. The van der Waals surface area contributed by atoms with Crippen LogP contribution in [0.3, 0.4) is 0 Å². The molecule has 1 aromatic carbocycles. The van der Waals surface area contributed by atoms with Crippen molar-refractivity contribution >= 4 is 11.5 Å². The summed E-state index contributed by atoms with van der Waals surface area (Å²) in [7, 11) is 0. The largest absolute Gasteiger partial charge is 0.484 e. The Morgan fingerprint density at radius 1 is 1.41 bits per heavy atom. The maximum absolute atomic E-state index is 12.2. The fourth-order valence-electron chi connectivity index (χ4n) is 2.13. The van der Waals surface area contributed by atoms with E-state index in [1.165, 1.54) is 0 Å². The average molecular weight is 233 g/mol. The highest BCUT2D eigenvalue weighted by Crippen LogP contribution is 2.41. The molecule has 0 radical (unpaired) electrons. The van der Waals surface area contributed by atoms with Crippen LogP contribution in [-0.4, -0.2) is 11.4 Å². The van der Waals surface area contributed by atoms with Gasteiger partial charge in [0.2, 0.25) is 0 Å². The maximum Gasteiger partial charge on any atom is 0.170 e. The Balaban J connectivity index is 2.54. The SMILES string of the molecule is Cc1cc(N)c2c(c1)C(=O)CC(C)(C(C)C)O2. The Morgan fingerprint density at radius 3 is 2.65 bits per heavy atom. The Labute approximate surface area is 102 Å². The predicted octanol–water partition coefficient (Wildman–Crippen LogP) is 2.96. The van der Waals surface area contributed by atoms with Gasteiger partial charge in [0.25, 0.3) is 0 Å². The van der Waals surface area contributed by atoms with Gasteiger partial charge in [0.15, 0.2) is 11.5 Å². The first-order chi connectivity index (χ1) is 7.83. The van der Waals surface area contributed by atoms with Crippen molar-refractivity contribution in [1.29, 1.82) is 0 Å². The molecular formula is C14H19NO2. The van der Waals surface area contributed by atoms with Gasteiger partial charge in [0, 0.05) is 0 Å². The summed E-state index contributed by atoms with van der Waals surface area (Å²) >= 11 is 0. The van der Waals surface area contributed by atoms with Gasteiger partial charge in [-0.1, -0.05) is 13.8 Å². The number of fused-ring (bicyclic) bond motifs is 1. The van der Waals surface area contributed by atoms with Gasteiger partial charge in [-0.3, -0.25) is 4.79 Å². The summed E-state index contributed by atoms with van der Waals surface area (Å²) in [5.41, 5.74) is 7.67. The number of rotatable bonds is 1. The first-order valence-electron chi connectivity index (χ1n) is 5.96. The molecule has 3 heteroatoms. The summed E-state index contributed by atoms with van der Waals surface area (Å²) in [6.07, 6.45) is 0.417. The molecule has 1 atom stereocenters. The lowest BCUT2D eigenvalue weighted by molar-refractivity contribution is 0.0218. The van der Waals surface area contributed by atoms with Crippen molar-refractivity contribution in [2.45, 2.75) is 39.7 Å². The van der Waals surface area contributed by atoms with E-state index < -0.39 is 5.60 Å². The number of hydrogen-bond acceptors (Lipinski definition) is 3. The van der Waals surface area contributed by atoms with Gasteiger partial charge in [0.1, 0.15) is 5.60 Å².